The van der Waals surface area contributed by atoms with Crippen LogP contribution in [0.4, 0.5) is 4.39 Å². The van der Waals surface area contributed by atoms with Crippen molar-refractivity contribution in [1.82, 2.24) is 10.6 Å². The van der Waals surface area contributed by atoms with Crippen LogP contribution in [0.2, 0.25) is 0 Å². The molecule has 6 nitrogen and oxygen atoms in total. The highest BCUT2D eigenvalue weighted by Gasteiger charge is 2.25. The van der Waals surface area contributed by atoms with Gasteiger partial charge in [0.25, 0.3) is 0 Å². The third-order valence-corrected chi connectivity index (χ3v) is 4.53. The van der Waals surface area contributed by atoms with Crippen LogP contribution in [-0.4, -0.2) is 29.8 Å². The maximum Gasteiger partial charge on any atom is 0.243 e. The Morgan fingerprint density at radius 3 is 2.32 bits per heavy atom. The molecule has 0 fully saturated rings. The maximum atomic E-state index is 13.4. The fourth-order valence-corrected chi connectivity index (χ4v) is 3.04. The van der Waals surface area contributed by atoms with Crippen LogP contribution in [0.5, 0.6) is 0 Å². The number of benzene rings is 1. The second-order valence-corrected chi connectivity index (χ2v) is 7.11. The Labute approximate surface area is 166 Å². The Morgan fingerprint density at radius 2 is 1.71 bits per heavy atom. The van der Waals surface area contributed by atoms with Gasteiger partial charge in [-0.1, -0.05) is 57.6 Å². The lowest BCUT2D eigenvalue weighted by Crippen LogP contribution is -2.53. The van der Waals surface area contributed by atoms with Gasteiger partial charge >= 0.3 is 0 Å². The highest BCUT2D eigenvalue weighted by atomic mass is 19.1. The van der Waals surface area contributed by atoms with Crippen LogP contribution < -0.4 is 16.4 Å². The molecule has 7 heteroatoms. The first-order chi connectivity index (χ1) is 13.3. The molecule has 0 spiro atoms. The van der Waals surface area contributed by atoms with Crippen molar-refractivity contribution < 1.29 is 18.8 Å². The average Bonchev–Trinajstić information content (AvgIpc) is 2.62. The second kappa shape index (κ2) is 12.9. The van der Waals surface area contributed by atoms with E-state index in [1.807, 2.05) is 0 Å². The minimum Gasteiger partial charge on any atom is -0.368 e. The van der Waals surface area contributed by atoms with Crippen molar-refractivity contribution in [3.63, 3.8) is 0 Å². The monoisotopic (exact) mass is 393 g/mol. The topological polar surface area (TPSA) is 101 Å². The molecule has 0 bridgehead atoms. The summed E-state index contributed by atoms with van der Waals surface area (Å²) in [5, 5.41) is 5.19. The van der Waals surface area contributed by atoms with E-state index in [9.17, 15) is 18.8 Å². The molecule has 28 heavy (non-hydrogen) atoms. The first kappa shape index (κ1) is 23.6. The smallest absolute Gasteiger partial charge is 0.243 e. The van der Waals surface area contributed by atoms with Crippen LogP contribution >= 0.6 is 0 Å². The molecule has 0 aromatic heterocycles. The molecule has 1 aromatic rings. The number of primary amides is 1. The Balaban J connectivity index is 2.66. The summed E-state index contributed by atoms with van der Waals surface area (Å²) < 4.78 is 13.4. The molecule has 0 radical (unpaired) electrons. The van der Waals surface area contributed by atoms with Gasteiger partial charge in [-0.15, -0.1) is 0 Å². The molecule has 0 unspecified atom stereocenters. The number of unbranched alkanes of at least 4 members (excludes halogenated alkanes) is 5. The van der Waals surface area contributed by atoms with Gasteiger partial charge in [-0.25, -0.2) is 4.39 Å². The van der Waals surface area contributed by atoms with E-state index < -0.39 is 29.7 Å². The van der Waals surface area contributed by atoms with Crippen molar-refractivity contribution in [2.45, 2.75) is 77.3 Å². The summed E-state index contributed by atoms with van der Waals surface area (Å²) in [6.07, 6.45) is 6.92. The molecular weight excluding hydrogens is 361 g/mol. The minimum atomic E-state index is -0.911. The number of carbonyl (C=O) groups is 3. The molecule has 0 aliphatic carbocycles. The average molecular weight is 394 g/mol. The van der Waals surface area contributed by atoms with Gasteiger partial charge in [0.1, 0.15) is 17.9 Å². The zero-order valence-corrected chi connectivity index (χ0v) is 16.8. The Morgan fingerprint density at radius 1 is 1.04 bits per heavy atom. The first-order valence-corrected chi connectivity index (χ1v) is 9.94. The lowest BCUT2D eigenvalue weighted by Gasteiger charge is -2.21. The molecule has 3 amide bonds. The summed E-state index contributed by atoms with van der Waals surface area (Å²) in [6, 6.07) is 4.13. The first-order valence-electron chi connectivity index (χ1n) is 9.94. The van der Waals surface area contributed by atoms with Crippen LogP contribution in [-0.2, 0) is 20.8 Å². The molecule has 4 N–H and O–H groups in total. The highest BCUT2D eigenvalue weighted by molar-refractivity contribution is 5.91. The fourth-order valence-electron chi connectivity index (χ4n) is 3.04. The number of rotatable bonds is 13. The van der Waals surface area contributed by atoms with Crippen molar-refractivity contribution in [3.8, 4) is 0 Å². The predicted octanol–water partition coefficient (Wildman–Crippen LogP) is 2.59. The standard InChI is InChI=1S/C21H32FN3O3/c1-3-4-5-6-7-8-12-18(20(23)27)25-21(28)19(24-15(2)26)14-16-10-9-11-17(22)13-16/h9-11,13,18-19H,3-8,12,14H2,1-2H3,(H2,23,27)(H,24,26)(H,25,28)/t18-,19-/m0/s1. The van der Waals surface area contributed by atoms with Gasteiger partial charge in [0.2, 0.25) is 17.7 Å². The summed E-state index contributed by atoms with van der Waals surface area (Å²) >= 11 is 0. The Kier molecular flexibility index (Phi) is 10.8. The summed E-state index contributed by atoms with van der Waals surface area (Å²) in [5.41, 5.74) is 6.00. The Hall–Kier alpha value is -2.44. The minimum absolute atomic E-state index is 0.117. The molecule has 156 valence electrons. The van der Waals surface area contributed by atoms with Gasteiger partial charge in [-0.2, -0.15) is 0 Å². The molecule has 1 rings (SSSR count). The normalized spacial score (nSPS) is 12.8. The van der Waals surface area contributed by atoms with Gasteiger partial charge in [0, 0.05) is 13.3 Å². The van der Waals surface area contributed by atoms with Crippen molar-refractivity contribution in [2.75, 3.05) is 0 Å². The van der Waals surface area contributed by atoms with Crippen molar-refractivity contribution in [2.24, 2.45) is 5.73 Å². The SMILES string of the molecule is CCCCCCCC[C@H](NC(=O)[C@H](Cc1cccc(F)c1)NC(C)=O)C(N)=O. The Bertz CT molecular complexity index is 652. The number of amides is 3. The maximum absolute atomic E-state index is 13.4. The van der Waals surface area contributed by atoms with Crippen molar-refractivity contribution >= 4 is 17.7 Å². The molecular formula is C21H32FN3O3. The number of nitrogens with two attached hydrogens (primary N) is 1. The lowest BCUT2D eigenvalue weighted by molar-refractivity contribution is -0.130. The molecule has 0 aliphatic heterocycles. The molecule has 0 saturated heterocycles. The van der Waals surface area contributed by atoms with Gasteiger partial charge in [-0.05, 0) is 24.1 Å². The van der Waals surface area contributed by atoms with Crippen LogP contribution in [0, 0.1) is 5.82 Å². The van der Waals surface area contributed by atoms with Gasteiger partial charge < -0.3 is 16.4 Å². The molecule has 0 saturated carbocycles. The van der Waals surface area contributed by atoms with E-state index in [1.165, 1.54) is 31.5 Å². The van der Waals surface area contributed by atoms with Crippen LogP contribution in [0.15, 0.2) is 24.3 Å². The zero-order chi connectivity index (χ0) is 20.9. The van der Waals surface area contributed by atoms with E-state index in [0.29, 0.717) is 12.0 Å². The van der Waals surface area contributed by atoms with Crippen LogP contribution in [0.25, 0.3) is 0 Å². The zero-order valence-electron chi connectivity index (χ0n) is 16.8. The van der Waals surface area contributed by atoms with Gasteiger partial charge in [0.15, 0.2) is 0 Å². The summed E-state index contributed by atoms with van der Waals surface area (Å²) in [6.45, 7) is 3.45. The summed E-state index contributed by atoms with van der Waals surface area (Å²) in [4.78, 5) is 35.8. The van der Waals surface area contributed by atoms with E-state index in [2.05, 4.69) is 17.6 Å². The number of hydrogen-bond donors (Lipinski definition) is 3. The largest absolute Gasteiger partial charge is 0.368 e. The van der Waals surface area contributed by atoms with E-state index >= 15 is 0 Å². The van der Waals surface area contributed by atoms with Gasteiger partial charge in [-0.3, -0.25) is 14.4 Å². The lowest BCUT2D eigenvalue weighted by atomic mass is 10.0. The second-order valence-electron chi connectivity index (χ2n) is 7.11. The van der Waals surface area contributed by atoms with Crippen LogP contribution in [0.3, 0.4) is 0 Å². The van der Waals surface area contributed by atoms with E-state index in [4.69, 9.17) is 5.73 Å². The number of halogens is 1. The number of carbonyl (C=O) groups excluding carboxylic acids is 3. The van der Waals surface area contributed by atoms with E-state index in [0.717, 1.165) is 32.1 Å². The third kappa shape index (κ3) is 9.48. The molecule has 1 aromatic carbocycles. The highest BCUT2D eigenvalue weighted by Crippen LogP contribution is 2.10. The quantitative estimate of drug-likeness (QED) is 0.449. The van der Waals surface area contributed by atoms with Crippen molar-refractivity contribution in [3.05, 3.63) is 35.6 Å². The number of nitrogens with one attached hydrogen (secondary N) is 2. The third-order valence-electron chi connectivity index (χ3n) is 4.53. The molecule has 0 heterocycles. The van der Waals surface area contributed by atoms with Gasteiger partial charge in [0.05, 0.1) is 0 Å². The number of hydrogen-bond acceptors (Lipinski definition) is 3. The molecule has 0 aliphatic rings. The van der Waals surface area contributed by atoms with Crippen LogP contribution in [0.1, 0.15) is 64.4 Å². The van der Waals surface area contributed by atoms with Crippen molar-refractivity contribution in [1.29, 1.82) is 0 Å². The summed E-state index contributed by atoms with van der Waals surface area (Å²) in [7, 11) is 0. The van der Waals surface area contributed by atoms with E-state index in [1.54, 1.807) is 6.07 Å². The predicted molar refractivity (Wildman–Crippen MR) is 107 cm³/mol. The summed E-state index contributed by atoms with van der Waals surface area (Å²) in [5.74, 6) is -1.91. The molecule has 2 atom stereocenters. The fraction of sp³-hybridized carbons (Fsp3) is 0.571. The van der Waals surface area contributed by atoms with E-state index in [-0.39, 0.29) is 12.3 Å².